The summed E-state index contributed by atoms with van der Waals surface area (Å²) in [7, 11) is 0. The van der Waals surface area contributed by atoms with Gasteiger partial charge in [0, 0.05) is 13.1 Å². The molecule has 0 saturated carbocycles. The molecule has 1 aliphatic heterocycles. The van der Waals surface area contributed by atoms with E-state index in [-0.39, 0.29) is 6.04 Å². The smallest absolute Gasteiger partial charge is 0.407 e. The number of rotatable bonds is 3. The van der Waals surface area contributed by atoms with E-state index in [1.54, 1.807) is 10.7 Å². The van der Waals surface area contributed by atoms with Crippen LogP contribution in [0.1, 0.15) is 12.8 Å². The van der Waals surface area contributed by atoms with E-state index in [1.807, 2.05) is 12.1 Å². The molecule has 2 aromatic heterocycles. The summed E-state index contributed by atoms with van der Waals surface area (Å²) >= 11 is 0. The molecule has 0 radical (unpaired) electrons. The number of fused-ring (bicyclic) bond motifs is 1. The number of nitrogens with one attached hydrogen (secondary N) is 1. The monoisotopic (exact) mass is 276 g/mol. The fourth-order valence-electron chi connectivity index (χ4n) is 2.51. The van der Waals surface area contributed by atoms with Crippen LogP contribution in [0.5, 0.6) is 0 Å². The van der Waals surface area contributed by atoms with Crippen LogP contribution in [0.15, 0.2) is 18.3 Å². The van der Waals surface area contributed by atoms with Crippen molar-refractivity contribution in [2.75, 3.05) is 24.1 Å². The Hall–Kier alpha value is -2.51. The molecule has 8 nitrogen and oxygen atoms in total. The molecule has 1 unspecified atom stereocenters. The molecule has 20 heavy (non-hydrogen) atoms. The van der Waals surface area contributed by atoms with Crippen LogP contribution in [0.2, 0.25) is 0 Å². The van der Waals surface area contributed by atoms with Gasteiger partial charge >= 0.3 is 6.09 Å². The zero-order chi connectivity index (χ0) is 14.1. The van der Waals surface area contributed by atoms with Crippen molar-refractivity contribution in [2.24, 2.45) is 0 Å². The standard InChI is InChI=1S/C12H16N6O2/c13-9-7-15-11-4-3-10(16-18(9)11)14-6-8-2-1-5-17(8)12(19)20/h3-4,7-8H,1-2,5-6,13H2,(H,14,16)(H,19,20). The molecule has 0 spiro atoms. The van der Waals surface area contributed by atoms with E-state index in [2.05, 4.69) is 15.4 Å². The van der Waals surface area contributed by atoms with Gasteiger partial charge in [-0.25, -0.2) is 9.78 Å². The lowest BCUT2D eigenvalue weighted by Crippen LogP contribution is -2.38. The lowest BCUT2D eigenvalue weighted by Gasteiger charge is -2.21. The summed E-state index contributed by atoms with van der Waals surface area (Å²) in [5, 5.41) is 16.6. The number of nitrogen functional groups attached to an aromatic ring is 1. The van der Waals surface area contributed by atoms with Crippen LogP contribution < -0.4 is 11.1 Å². The Bertz CT molecular complexity index is 640. The van der Waals surface area contributed by atoms with Gasteiger partial charge < -0.3 is 21.1 Å². The van der Waals surface area contributed by atoms with Crippen molar-refractivity contribution < 1.29 is 9.90 Å². The molecule has 8 heteroatoms. The first kappa shape index (κ1) is 12.5. The molecule has 1 amide bonds. The Balaban J connectivity index is 1.70. The molecular formula is C12H16N6O2. The average molecular weight is 276 g/mol. The van der Waals surface area contributed by atoms with Crippen LogP contribution in [0.4, 0.5) is 16.4 Å². The highest BCUT2D eigenvalue weighted by atomic mass is 16.4. The molecule has 0 bridgehead atoms. The number of amides is 1. The first-order valence-corrected chi connectivity index (χ1v) is 6.49. The van der Waals surface area contributed by atoms with Crippen LogP contribution in [-0.2, 0) is 0 Å². The van der Waals surface area contributed by atoms with Gasteiger partial charge in [0.1, 0.15) is 11.6 Å². The quantitative estimate of drug-likeness (QED) is 0.767. The number of anilines is 2. The van der Waals surface area contributed by atoms with Gasteiger partial charge in [0.2, 0.25) is 0 Å². The summed E-state index contributed by atoms with van der Waals surface area (Å²) in [5.41, 5.74) is 6.43. The van der Waals surface area contributed by atoms with E-state index in [9.17, 15) is 4.79 Å². The van der Waals surface area contributed by atoms with E-state index < -0.39 is 6.09 Å². The Morgan fingerprint density at radius 3 is 3.20 bits per heavy atom. The summed E-state index contributed by atoms with van der Waals surface area (Å²) in [5.74, 6) is 1.12. The summed E-state index contributed by atoms with van der Waals surface area (Å²) in [4.78, 5) is 16.6. The highest BCUT2D eigenvalue weighted by molar-refractivity contribution is 5.66. The number of nitrogens with two attached hydrogens (primary N) is 1. The lowest BCUT2D eigenvalue weighted by atomic mass is 10.2. The number of imidazole rings is 1. The number of aromatic nitrogens is 3. The van der Waals surface area contributed by atoms with Crippen LogP contribution in [0.3, 0.4) is 0 Å². The van der Waals surface area contributed by atoms with Gasteiger partial charge in [0.05, 0.1) is 12.2 Å². The molecular weight excluding hydrogens is 260 g/mol. The second-order valence-electron chi connectivity index (χ2n) is 4.82. The normalized spacial score (nSPS) is 18.6. The maximum absolute atomic E-state index is 11.1. The number of hydrogen-bond donors (Lipinski definition) is 3. The van der Waals surface area contributed by atoms with Crippen molar-refractivity contribution >= 4 is 23.4 Å². The number of likely N-dealkylation sites (tertiary alicyclic amines) is 1. The van der Waals surface area contributed by atoms with Gasteiger partial charge in [0.15, 0.2) is 5.65 Å². The molecule has 2 aromatic rings. The first-order valence-electron chi connectivity index (χ1n) is 6.49. The van der Waals surface area contributed by atoms with Gasteiger partial charge in [-0.3, -0.25) is 0 Å². The minimum atomic E-state index is -0.864. The van der Waals surface area contributed by atoms with Gasteiger partial charge in [-0.2, -0.15) is 4.52 Å². The summed E-state index contributed by atoms with van der Waals surface area (Å²) in [6.45, 7) is 1.14. The Labute approximate surface area is 115 Å². The second-order valence-corrected chi connectivity index (χ2v) is 4.82. The van der Waals surface area contributed by atoms with Gasteiger partial charge in [0.25, 0.3) is 0 Å². The number of carboxylic acid groups (broad SMARTS) is 1. The Morgan fingerprint density at radius 1 is 1.55 bits per heavy atom. The largest absolute Gasteiger partial charge is 0.465 e. The van der Waals surface area contributed by atoms with Crippen LogP contribution >= 0.6 is 0 Å². The molecule has 4 N–H and O–H groups in total. The molecule has 1 saturated heterocycles. The minimum Gasteiger partial charge on any atom is -0.465 e. The topological polar surface area (TPSA) is 109 Å². The molecule has 1 atom stereocenters. The zero-order valence-electron chi connectivity index (χ0n) is 10.9. The van der Waals surface area contributed by atoms with Crippen molar-refractivity contribution in [1.29, 1.82) is 0 Å². The molecule has 1 fully saturated rings. The van der Waals surface area contributed by atoms with Gasteiger partial charge in [-0.05, 0) is 25.0 Å². The van der Waals surface area contributed by atoms with Crippen molar-refractivity contribution in [2.45, 2.75) is 18.9 Å². The van der Waals surface area contributed by atoms with Crippen LogP contribution in [-0.4, -0.2) is 49.8 Å². The summed E-state index contributed by atoms with van der Waals surface area (Å²) < 4.78 is 1.55. The number of hydrogen-bond acceptors (Lipinski definition) is 5. The van der Waals surface area contributed by atoms with Crippen LogP contribution in [0, 0.1) is 0 Å². The third kappa shape index (κ3) is 2.20. The van der Waals surface area contributed by atoms with Crippen molar-refractivity contribution in [3.8, 4) is 0 Å². The summed E-state index contributed by atoms with van der Waals surface area (Å²) in [6, 6.07) is 3.61. The van der Waals surface area contributed by atoms with E-state index >= 15 is 0 Å². The molecule has 0 aliphatic carbocycles. The first-order chi connectivity index (χ1) is 9.65. The number of carbonyl (C=O) groups is 1. The van der Waals surface area contributed by atoms with Crippen molar-refractivity contribution in [3.63, 3.8) is 0 Å². The fourth-order valence-corrected chi connectivity index (χ4v) is 2.51. The van der Waals surface area contributed by atoms with E-state index in [4.69, 9.17) is 10.8 Å². The number of nitrogens with zero attached hydrogens (tertiary/aromatic N) is 4. The third-order valence-corrected chi connectivity index (χ3v) is 3.53. The van der Waals surface area contributed by atoms with E-state index in [1.165, 1.54) is 4.90 Å². The highest BCUT2D eigenvalue weighted by Gasteiger charge is 2.28. The van der Waals surface area contributed by atoms with Crippen molar-refractivity contribution in [3.05, 3.63) is 18.3 Å². The zero-order valence-corrected chi connectivity index (χ0v) is 10.9. The maximum atomic E-state index is 11.1. The van der Waals surface area contributed by atoms with E-state index in [0.717, 1.165) is 12.8 Å². The maximum Gasteiger partial charge on any atom is 0.407 e. The second kappa shape index (κ2) is 4.87. The van der Waals surface area contributed by atoms with Crippen molar-refractivity contribution in [1.82, 2.24) is 19.5 Å². The summed E-state index contributed by atoms with van der Waals surface area (Å²) in [6.07, 6.45) is 2.46. The predicted octanol–water partition coefficient (Wildman–Crippen LogP) is 0.866. The lowest BCUT2D eigenvalue weighted by molar-refractivity contribution is 0.142. The molecule has 3 rings (SSSR count). The highest BCUT2D eigenvalue weighted by Crippen LogP contribution is 2.18. The SMILES string of the molecule is Nc1cnc2ccc(NCC3CCCN3C(=O)O)nn12. The minimum absolute atomic E-state index is 0.00914. The Kier molecular flexibility index (Phi) is 3.05. The average Bonchev–Trinajstić information content (AvgIpc) is 3.04. The molecule has 0 aromatic carbocycles. The molecule has 1 aliphatic rings. The fraction of sp³-hybridized carbons (Fsp3) is 0.417. The third-order valence-electron chi connectivity index (χ3n) is 3.53. The molecule has 106 valence electrons. The van der Waals surface area contributed by atoms with E-state index in [0.29, 0.717) is 30.4 Å². The van der Waals surface area contributed by atoms with Crippen LogP contribution in [0.25, 0.3) is 5.65 Å². The molecule has 3 heterocycles. The predicted molar refractivity (Wildman–Crippen MR) is 73.6 cm³/mol. The Morgan fingerprint density at radius 2 is 2.40 bits per heavy atom. The van der Waals surface area contributed by atoms with Gasteiger partial charge in [-0.1, -0.05) is 0 Å². The van der Waals surface area contributed by atoms with Gasteiger partial charge in [-0.15, -0.1) is 5.10 Å².